The van der Waals surface area contributed by atoms with Crippen molar-refractivity contribution in [3.8, 4) is 5.75 Å². The van der Waals surface area contributed by atoms with Crippen LogP contribution in [0.5, 0.6) is 5.75 Å². The van der Waals surface area contributed by atoms with Crippen LogP contribution in [0.2, 0.25) is 0 Å². The van der Waals surface area contributed by atoms with Gasteiger partial charge in [0.1, 0.15) is 5.75 Å². The van der Waals surface area contributed by atoms with Crippen molar-refractivity contribution in [1.29, 1.82) is 0 Å². The van der Waals surface area contributed by atoms with E-state index < -0.39 is 0 Å². The third-order valence-electron chi connectivity index (χ3n) is 5.92. The Balaban J connectivity index is 1.49. The molecule has 1 fully saturated rings. The Hall–Kier alpha value is -3.34. The van der Waals surface area contributed by atoms with Crippen LogP contribution in [0.1, 0.15) is 28.8 Å². The number of likely N-dealkylation sites (tertiary alicyclic amines) is 1. The van der Waals surface area contributed by atoms with Crippen molar-refractivity contribution in [3.63, 3.8) is 0 Å². The minimum atomic E-state index is -0.119. The summed E-state index contributed by atoms with van der Waals surface area (Å²) in [7, 11) is 3.38. The van der Waals surface area contributed by atoms with Crippen molar-refractivity contribution in [3.05, 3.63) is 77.9 Å². The summed E-state index contributed by atoms with van der Waals surface area (Å²) in [4.78, 5) is 28.6. The lowest BCUT2D eigenvalue weighted by molar-refractivity contribution is -0.130. The topological polar surface area (TPSA) is 49.9 Å². The molecule has 5 heteroatoms. The van der Waals surface area contributed by atoms with Gasteiger partial charge in [-0.3, -0.25) is 9.59 Å². The summed E-state index contributed by atoms with van der Waals surface area (Å²) in [5.74, 6) is 0.435. The van der Waals surface area contributed by atoms with E-state index in [2.05, 4.69) is 42.5 Å². The van der Waals surface area contributed by atoms with Crippen molar-refractivity contribution in [2.75, 3.05) is 27.2 Å². The van der Waals surface area contributed by atoms with Crippen LogP contribution in [0.3, 0.4) is 0 Å². The van der Waals surface area contributed by atoms with Crippen LogP contribution >= 0.6 is 0 Å². The standard InChI is InChI=1S/C26H28N2O3/c1-27(2)25(29)18-31-23-13-6-11-21(17-23)26(30)28-15-7-12-22(28)16-20-10-5-9-19-8-3-4-14-24(19)20/h3-6,8-11,13-14,17,22H,7,12,15-16,18H2,1-2H3/t22-/m1/s1. The van der Waals surface area contributed by atoms with Crippen LogP contribution in [-0.4, -0.2) is 54.9 Å². The van der Waals surface area contributed by atoms with Crippen LogP contribution in [0.15, 0.2) is 66.7 Å². The fourth-order valence-corrected chi connectivity index (χ4v) is 4.20. The molecule has 1 saturated heterocycles. The molecule has 2 amide bonds. The monoisotopic (exact) mass is 416 g/mol. The molecule has 0 N–H and O–H groups in total. The Morgan fingerprint density at radius 3 is 2.65 bits per heavy atom. The lowest BCUT2D eigenvalue weighted by Crippen LogP contribution is -2.36. The van der Waals surface area contributed by atoms with Gasteiger partial charge >= 0.3 is 0 Å². The normalized spacial score (nSPS) is 15.8. The third-order valence-corrected chi connectivity index (χ3v) is 5.92. The molecular formula is C26H28N2O3. The number of ether oxygens (including phenoxy) is 1. The first-order valence-corrected chi connectivity index (χ1v) is 10.7. The van der Waals surface area contributed by atoms with Crippen LogP contribution in [-0.2, 0) is 11.2 Å². The third kappa shape index (κ3) is 4.71. The van der Waals surface area contributed by atoms with Gasteiger partial charge in [0.05, 0.1) is 0 Å². The number of nitrogens with zero attached hydrogens (tertiary/aromatic N) is 2. The molecule has 0 saturated carbocycles. The maximum atomic E-state index is 13.3. The van der Waals surface area contributed by atoms with Gasteiger partial charge in [-0.2, -0.15) is 0 Å². The summed E-state index contributed by atoms with van der Waals surface area (Å²) in [5.41, 5.74) is 1.88. The second-order valence-electron chi connectivity index (χ2n) is 8.24. The van der Waals surface area contributed by atoms with Crippen molar-refractivity contribution in [1.82, 2.24) is 9.80 Å². The molecule has 0 unspecified atom stereocenters. The van der Waals surface area contributed by atoms with Gasteiger partial charge in [0, 0.05) is 32.2 Å². The zero-order chi connectivity index (χ0) is 21.8. The number of fused-ring (bicyclic) bond motifs is 1. The van der Waals surface area contributed by atoms with Gasteiger partial charge in [-0.05, 0) is 53.8 Å². The molecule has 0 bridgehead atoms. The first-order chi connectivity index (χ1) is 15.0. The molecule has 4 rings (SSSR count). The highest BCUT2D eigenvalue weighted by Crippen LogP contribution is 2.27. The largest absolute Gasteiger partial charge is 0.484 e. The molecule has 1 atom stereocenters. The first kappa shape index (κ1) is 20.9. The van der Waals surface area contributed by atoms with E-state index in [9.17, 15) is 9.59 Å². The van der Waals surface area contributed by atoms with E-state index in [4.69, 9.17) is 4.74 Å². The molecule has 0 spiro atoms. The van der Waals surface area contributed by atoms with E-state index in [0.29, 0.717) is 11.3 Å². The summed E-state index contributed by atoms with van der Waals surface area (Å²) >= 11 is 0. The summed E-state index contributed by atoms with van der Waals surface area (Å²) in [6.45, 7) is 0.719. The average molecular weight is 417 g/mol. The highest BCUT2D eigenvalue weighted by molar-refractivity contribution is 5.95. The number of benzene rings is 3. The van der Waals surface area contributed by atoms with Crippen LogP contribution in [0, 0.1) is 0 Å². The molecule has 160 valence electrons. The molecule has 1 aliphatic heterocycles. The predicted octanol–water partition coefficient (Wildman–Crippen LogP) is 4.15. The molecule has 5 nitrogen and oxygen atoms in total. The summed E-state index contributed by atoms with van der Waals surface area (Å²) in [6, 6.07) is 22.1. The fourth-order valence-electron chi connectivity index (χ4n) is 4.20. The van der Waals surface area contributed by atoms with E-state index >= 15 is 0 Å². The highest BCUT2D eigenvalue weighted by Gasteiger charge is 2.30. The number of hydrogen-bond donors (Lipinski definition) is 0. The second-order valence-corrected chi connectivity index (χ2v) is 8.24. The zero-order valence-corrected chi connectivity index (χ0v) is 18.1. The summed E-state index contributed by atoms with van der Waals surface area (Å²) in [5, 5.41) is 2.48. The fraction of sp³-hybridized carbons (Fsp3) is 0.308. The van der Waals surface area contributed by atoms with E-state index in [1.165, 1.54) is 21.2 Å². The van der Waals surface area contributed by atoms with Gasteiger partial charge < -0.3 is 14.5 Å². The smallest absolute Gasteiger partial charge is 0.259 e. The number of carbonyl (C=O) groups excluding carboxylic acids is 2. The maximum absolute atomic E-state index is 13.3. The predicted molar refractivity (Wildman–Crippen MR) is 122 cm³/mol. The van der Waals surface area contributed by atoms with Crippen LogP contribution in [0.25, 0.3) is 10.8 Å². The van der Waals surface area contributed by atoms with Gasteiger partial charge in [0.15, 0.2) is 6.61 Å². The molecule has 0 radical (unpaired) electrons. The average Bonchev–Trinajstić information content (AvgIpc) is 3.25. The van der Waals surface area contributed by atoms with Crippen LogP contribution in [0.4, 0.5) is 0 Å². The summed E-state index contributed by atoms with van der Waals surface area (Å²) in [6.07, 6.45) is 2.86. The second kappa shape index (κ2) is 9.21. The number of hydrogen-bond acceptors (Lipinski definition) is 3. The number of carbonyl (C=O) groups is 2. The van der Waals surface area contributed by atoms with E-state index in [1.807, 2.05) is 11.0 Å². The van der Waals surface area contributed by atoms with Crippen molar-refractivity contribution in [2.45, 2.75) is 25.3 Å². The number of amides is 2. The molecule has 3 aromatic carbocycles. The minimum Gasteiger partial charge on any atom is -0.484 e. The molecule has 31 heavy (non-hydrogen) atoms. The highest BCUT2D eigenvalue weighted by atomic mass is 16.5. The Labute approximate surface area is 183 Å². The maximum Gasteiger partial charge on any atom is 0.259 e. The molecule has 1 aliphatic rings. The number of rotatable bonds is 6. The zero-order valence-electron chi connectivity index (χ0n) is 18.1. The van der Waals surface area contributed by atoms with Crippen molar-refractivity contribution < 1.29 is 14.3 Å². The number of likely N-dealkylation sites (N-methyl/N-ethyl adjacent to an activating group) is 1. The molecule has 3 aromatic rings. The SMILES string of the molecule is CN(C)C(=O)COc1cccc(C(=O)N2CCC[C@@H]2Cc2cccc3ccccc23)c1. The summed E-state index contributed by atoms with van der Waals surface area (Å²) < 4.78 is 5.59. The molecule has 1 heterocycles. The lowest BCUT2D eigenvalue weighted by atomic mass is 9.97. The Morgan fingerprint density at radius 2 is 1.81 bits per heavy atom. The van der Waals surface area contributed by atoms with Crippen LogP contribution < -0.4 is 4.74 Å². The van der Waals surface area contributed by atoms with E-state index in [1.54, 1.807) is 32.3 Å². The van der Waals surface area contributed by atoms with E-state index in [-0.39, 0.29) is 24.5 Å². The quantitative estimate of drug-likeness (QED) is 0.606. The van der Waals surface area contributed by atoms with Crippen molar-refractivity contribution in [2.24, 2.45) is 0 Å². The van der Waals surface area contributed by atoms with Gasteiger partial charge in [0.2, 0.25) is 0 Å². The van der Waals surface area contributed by atoms with E-state index in [0.717, 1.165) is 25.8 Å². The van der Waals surface area contributed by atoms with Gasteiger partial charge in [-0.25, -0.2) is 0 Å². The molecule has 0 aromatic heterocycles. The molecule has 0 aliphatic carbocycles. The van der Waals surface area contributed by atoms with Gasteiger partial charge in [-0.15, -0.1) is 0 Å². The van der Waals surface area contributed by atoms with Crippen molar-refractivity contribution >= 4 is 22.6 Å². The Morgan fingerprint density at radius 1 is 1.03 bits per heavy atom. The molecular weight excluding hydrogens is 388 g/mol. The lowest BCUT2D eigenvalue weighted by Gasteiger charge is -2.25. The Bertz CT molecular complexity index is 1090. The van der Waals surface area contributed by atoms with Gasteiger partial charge in [-0.1, -0.05) is 48.5 Å². The minimum absolute atomic E-state index is 0.0205. The van der Waals surface area contributed by atoms with Gasteiger partial charge in [0.25, 0.3) is 11.8 Å². The Kier molecular flexibility index (Phi) is 6.21. The first-order valence-electron chi connectivity index (χ1n) is 10.7.